The first-order chi connectivity index (χ1) is 7.72. The van der Waals surface area contributed by atoms with Gasteiger partial charge in [-0.05, 0) is 26.7 Å². The van der Waals surface area contributed by atoms with Crippen LogP contribution in [0.15, 0.2) is 0 Å². The van der Waals surface area contributed by atoms with E-state index in [1.165, 1.54) is 4.90 Å². The quantitative estimate of drug-likeness (QED) is 0.754. The molecule has 1 heterocycles. The summed E-state index contributed by atoms with van der Waals surface area (Å²) in [6, 6.07) is -0.133. The SMILES string of the molecule is CC(C)[C@H]1CNCC(=O)N1C(=O)OC(C)(C)C. The fourth-order valence-corrected chi connectivity index (χ4v) is 1.77. The molecule has 2 amide bonds. The Morgan fingerprint density at radius 3 is 2.53 bits per heavy atom. The van der Waals surface area contributed by atoms with E-state index in [-0.39, 0.29) is 24.4 Å². The van der Waals surface area contributed by atoms with Gasteiger partial charge in [0.15, 0.2) is 0 Å². The third-order valence-corrected chi connectivity index (χ3v) is 2.59. The molecule has 17 heavy (non-hydrogen) atoms. The van der Waals surface area contributed by atoms with E-state index in [4.69, 9.17) is 4.74 Å². The zero-order valence-electron chi connectivity index (χ0n) is 11.2. The monoisotopic (exact) mass is 242 g/mol. The lowest BCUT2D eigenvalue weighted by atomic mass is 10.0. The Kier molecular flexibility index (Phi) is 4.14. The van der Waals surface area contributed by atoms with E-state index >= 15 is 0 Å². The highest BCUT2D eigenvalue weighted by atomic mass is 16.6. The Balaban J connectivity index is 2.82. The molecule has 0 radical (unpaired) electrons. The average molecular weight is 242 g/mol. The minimum Gasteiger partial charge on any atom is -0.443 e. The highest BCUT2D eigenvalue weighted by Gasteiger charge is 2.37. The third-order valence-electron chi connectivity index (χ3n) is 2.59. The van der Waals surface area contributed by atoms with Crippen LogP contribution in [0, 0.1) is 5.92 Å². The van der Waals surface area contributed by atoms with Crippen LogP contribution in [0.1, 0.15) is 34.6 Å². The van der Waals surface area contributed by atoms with Crippen molar-refractivity contribution < 1.29 is 14.3 Å². The van der Waals surface area contributed by atoms with Gasteiger partial charge in [-0.3, -0.25) is 4.79 Å². The number of hydrogen-bond acceptors (Lipinski definition) is 4. The summed E-state index contributed by atoms with van der Waals surface area (Å²) in [6.45, 7) is 10.2. The van der Waals surface area contributed by atoms with Gasteiger partial charge in [-0.2, -0.15) is 0 Å². The molecule has 1 N–H and O–H groups in total. The number of piperazine rings is 1. The van der Waals surface area contributed by atoms with Crippen LogP contribution in [0.2, 0.25) is 0 Å². The maximum absolute atomic E-state index is 12.0. The molecule has 0 spiro atoms. The largest absolute Gasteiger partial charge is 0.443 e. The van der Waals surface area contributed by atoms with E-state index in [0.717, 1.165) is 0 Å². The number of amides is 2. The van der Waals surface area contributed by atoms with Crippen LogP contribution >= 0.6 is 0 Å². The van der Waals surface area contributed by atoms with Gasteiger partial charge in [0.2, 0.25) is 5.91 Å². The first-order valence-electron chi connectivity index (χ1n) is 5.98. The molecule has 0 saturated carbocycles. The fraction of sp³-hybridized carbons (Fsp3) is 0.833. The Hall–Kier alpha value is -1.10. The molecule has 1 saturated heterocycles. The molecule has 98 valence electrons. The van der Waals surface area contributed by atoms with Gasteiger partial charge in [0, 0.05) is 6.54 Å². The Bertz CT molecular complexity index is 307. The van der Waals surface area contributed by atoms with Crippen molar-refractivity contribution >= 4 is 12.0 Å². The molecule has 5 nitrogen and oxygen atoms in total. The Morgan fingerprint density at radius 2 is 2.06 bits per heavy atom. The number of ether oxygens (including phenoxy) is 1. The van der Waals surface area contributed by atoms with E-state index in [2.05, 4.69) is 5.32 Å². The normalized spacial score (nSPS) is 21.9. The predicted molar refractivity (Wildman–Crippen MR) is 64.6 cm³/mol. The molecule has 1 rings (SSSR count). The topological polar surface area (TPSA) is 58.6 Å². The standard InChI is InChI=1S/C12H22N2O3/c1-8(2)9-6-13-7-10(15)14(9)11(16)17-12(3,4)5/h8-9,13H,6-7H2,1-5H3/t9-/m1/s1. The van der Waals surface area contributed by atoms with Crippen LogP contribution in [0.25, 0.3) is 0 Å². The van der Waals surface area contributed by atoms with Gasteiger partial charge in [-0.25, -0.2) is 9.69 Å². The number of imide groups is 1. The number of nitrogens with zero attached hydrogens (tertiary/aromatic N) is 1. The van der Waals surface area contributed by atoms with E-state index in [1.807, 2.05) is 13.8 Å². The Labute approximate surface area is 102 Å². The molecular weight excluding hydrogens is 220 g/mol. The predicted octanol–water partition coefficient (Wildman–Crippen LogP) is 1.38. The highest BCUT2D eigenvalue weighted by Crippen LogP contribution is 2.18. The number of nitrogens with one attached hydrogen (secondary N) is 1. The Morgan fingerprint density at radius 1 is 1.47 bits per heavy atom. The van der Waals surface area contributed by atoms with Gasteiger partial charge >= 0.3 is 6.09 Å². The van der Waals surface area contributed by atoms with Crippen molar-refractivity contribution in [3.05, 3.63) is 0 Å². The second-order valence-electron chi connectivity index (χ2n) is 5.69. The summed E-state index contributed by atoms with van der Waals surface area (Å²) in [5.74, 6) is -0.0107. The number of carbonyl (C=O) groups is 2. The average Bonchev–Trinajstić information content (AvgIpc) is 2.13. The molecule has 0 aliphatic carbocycles. The minimum atomic E-state index is -0.580. The summed E-state index contributed by atoms with van der Waals surface area (Å²) < 4.78 is 5.27. The second-order valence-corrected chi connectivity index (χ2v) is 5.69. The van der Waals surface area contributed by atoms with E-state index in [9.17, 15) is 9.59 Å². The van der Waals surface area contributed by atoms with Crippen molar-refractivity contribution in [2.24, 2.45) is 5.92 Å². The molecule has 1 fully saturated rings. The van der Waals surface area contributed by atoms with Crippen molar-refractivity contribution in [1.82, 2.24) is 10.2 Å². The molecule has 0 unspecified atom stereocenters. The fourth-order valence-electron chi connectivity index (χ4n) is 1.77. The number of carbonyl (C=O) groups excluding carboxylic acids is 2. The van der Waals surface area contributed by atoms with E-state index in [1.54, 1.807) is 20.8 Å². The molecule has 0 aromatic heterocycles. The van der Waals surface area contributed by atoms with Crippen LogP contribution in [-0.2, 0) is 9.53 Å². The first kappa shape index (κ1) is 14.0. The van der Waals surface area contributed by atoms with Crippen LogP contribution in [0.3, 0.4) is 0 Å². The lowest BCUT2D eigenvalue weighted by Crippen LogP contribution is -2.59. The van der Waals surface area contributed by atoms with Crippen molar-refractivity contribution in [2.75, 3.05) is 13.1 Å². The second kappa shape index (κ2) is 5.04. The summed E-state index contributed by atoms with van der Waals surface area (Å²) >= 11 is 0. The summed E-state index contributed by atoms with van der Waals surface area (Å²) in [5.41, 5.74) is -0.580. The van der Waals surface area contributed by atoms with Gasteiger partial charge in [-0.15, -0.1) is 0 Å². The molecule has 0 aromatic carbocycles. The zero-order valence-corrected chi connectivity index (χ0v) is 11.2. The lowest BCUT2D eigenvalue weighted by Gasteiger charge is -2.37. The molecule has 0 bridgehead atoms. The highest BCUT2D eigenvalue weighted by molar-refractivity contribution is 5.94. The third kappa shape index (κ3) is 3.70. The lowest BCUT2D eigenvalue weighted by molar-refractivity contribution is -0.134. The maximum Gasteiger partial charge on any atom is 0.417 e. The minimum absolute atomic E-state index is 0.133. The summed E-state index contributed by atoms with van der Waals surface area (Å²) in [6.07, 6.45) is -0.539. The van der Waals surface area contributed by atoms with Crippen molar-refractivity contribution in [2.45, 2.75) is 46.3 Å². The van der Waals surface area contributed by atoms with Crippen LogP contribution in [0.5, 0.6) is 0 Å². The summed E-state index contributed by atoms with van der Waals surface area (Å²) in [4.78, 5) is 25.0. The molecular formula is C12H22N2O3. The van der Waals surface area contributed by atoms with Crippen molar-refractivity contribution in [3.63, 3.8) is 0 Å². The summed E-state index contributed by atoms with van der Waals surface area (Å²) in [5, 5.41) is 3.01. The van der Waals surface area contributed by atoms with Gasteiger partial charge in [0.25, 0.3) is 0 Å². The van der Waals surface area contributed by atoms with Crippen molar-refractivity contribution in [1.29, 1.82) is 0 Å². The number of rotatable bonds is 1. The van der Waals surface area contributed by atoms with Gasteiger partial charge in [0.1, 0.15) is 5.60 Å². The number of hydrogen-bond donors (Lipinski definition) is 1. The van der Waals surface area contributed by atoms with Crippen LogP contribution in [0.4, 0.5) is 4.79 Å². The summed E-state index contributed by atoms with van der Waals surface area (Å²) in [7, 11) is 0. The molecule has 5 heteroatoms. The van der Waals surface area contributed by atoms with Gasteiger partial charge in [0.05, 0.1) is 12.6 Å². The van der Waals surface area contributed by atoms with Crippen molar-refractivity contribution in [3.8, 4) is 0 Å². The smallest absolute Gasteiger partial charge is 0.417 e. The zero-order chi connectivity index (χ0) is 13.2. The van der Waals surface area contributed by atoms with E-state index < -0.39 is 11.7 Å². The van der Waals surface area contributed by atoms with Gasteiger partial charge < -0.3 is 10.1 Å². The molecule has 1 aliphatic rings. The molecule has 1 atom stereocenters. The molecule has 0 aromatic rings. The van der Waals surface area contributed by atoms with E-state index in [0.29, 0.717) is 6.54 Å². The molecule has 1 aliphatic heterocycles. The maximum atomic E-state index is 12.0. The first-order valence-corrected chi connectivity index (χ1v) is 5.98. The van der Waals surface area contributed by atoms with Gasteiger partial charge in [-0.1, -0.05) is 13.8 Å². The van der Waals surface area contributed by atoms with Crippen LogP contribution < -0.4 is 5.32 Å². The van der Waals surface area contributed by atoms with Crippen LogP contribution in [-0.4, -0.2) is 41.6 Å².